The van der Waals surface area contributed by atoms with Crippen LogP contribution in [0, 0.1) is 10.1 Å². The van der Waals surface area contributed by atoms with Gasteiger partial charge in [0.05, 0.1) is 23.7 Å². The van der Waals surface area contributed by atoms with Crippen LogP contribution >= 0.6 is 0 Å². The van der Waals surface area contributed by atoms with Gasteiger partial charge in [0.25, 0.3) is 5.69 Å². The highest BCUT2D eigenvalue weighted by Crippen LogP contribution is 2.34. The molecule has 0 aliphatic carbocycles. The van der Waals surface area contributed by atoms with Crippen LogP contribution in [-0.4, -0.2) is 25.1 Å². The first-order valence-corrected chi connectivity index (χ1v) is 6.64. The number of furan rings is 1. The summed E-state index contributed by atoms with van der Waals surface area (Å²) in [6.07, 6.45) is 0.770. The van der Waals surface area contributed by atoms with E-state index >= 15 is 0 Å². The molecule has 0 spiro atoms. The number of nitrogens with one attached hydrogen (secondary N) is 1. The average molecular weight is 290 g/mol. The van der Waals surface area contributed by atoms with Crippen molar-refractivity contribution in [2.45, 2.75) is 19.4 Å². The molecular formula is C15H18N2O4. The minimum absolute atomic E-state index is 0.00816. The topological polar surface area (TPSA) is 77.5 Å². The number of rotatable bonds is 6. The summed E-state index contributed by atoms with van der Waals surface area (Å²) in [4.78, 5) is 10.3. The molecule has 6 nitrogen and oxygen atoms in total. The summed E-state index contributed by atoms with van der Waals surface area (Å²) in [5, 5.41) is 13.9. The van der Waals surface area contributed by atoms with Crippen LogP contribution in [0.4, 0.5) is 5.69 Å². The summed E-state index contributed by atoms with van der Waals surface area (Å²) >= 11 is 0. The quantitative estimate of drug-likeness (QED) is 0.653. The number of likely N-dealkylation sites (N-methyl/N-ethyl adjacent to an activating group) is 1. The third-order valence-electron chi connectivity index (χ3n) is 3.32. The molecule has 1 unspecified atom stereocenters. The number of benzene rings is 1. The number of non-ortho nitro benzene ring substituents is 1. The van der Waals surface area contributed by atoms with Crippen molar-refractivity contribution in [3.05, 3.63) is 46.2 Å². The van der Waals surface area contributed by atoms with Crippen LogP contribution in [0.15, 0.2) is 34.7 Å². The van der Waals surface area contributed by atoms with Crippen LogP contribution in [-0.2, 0) is 6.42 Å². The molecule has 0 saturated heterocycles. The SMILES string of the molecule is CNC(C)Cc1ccc(-c2ccc([N+](=O)[O-])cc2OC)o1. The van der Waals surface area contributed by atoms with Crippen molar-refractivity contribution in [3.63, 3.8) is 0 Å². The molecule has 0 bridgehead atoms. The monoisotopic (exact) mass is 290 g/mol. The lowest BCUT2D eigenvalue weighted by Crippen LogP contribution is -2.23. The van der Waals surface area contributed by atoms with Gasteiger partial charge in [-0.15, -0.1) is 0 Å². The molecule has 0 fully saturated rings. The number of hydrogen-bond donors (Lipinski definition) is 1. The Morgan fingerprint density at radius 1 is 1.38 bits per heavy atom. The number of nitro benzene ring substituents is 1. The van der Waals surface area contributed by atoms with Gasteiger partial charge in [0.2, 0.25) is 0 Å². The van der Waals surface area contributed by atoms with Gasteiger partial charge in [-0.2, -0.15) is 0 Å². The van der Waals surface area contributed by atoms with Gasteiger partial charge in [-0.1, -0.05) is 0 Å². The van der Waals surface area contributed by atoms with E-state index in [1.807, 2.05) is 19.2 Å². The van der Waals surface area contributed by atoms with Crippen molar-refractivity contribution in [2.24, 2.45) is 0 Å². The van der Waals surface area contributed by atoms with E-state index in [1.54, 1.807) is 6.07 Å². The zero-order valence-corrected chi connectivity index (χ0v) is 12.3. The first-order valence-electron chi connectivity index (χ1n) is 6.64. The van der Waals surface area contributed by atoms with E-state index in [4.69, 9.17) is 9.15 Å². The summed E-state index contributed by atoms with van der Waals surface area (Å²) in [6, 6.07) is 8.54. The van der Waals surface area contributed by atoms with Gasteiger partial charge in [-0.25, -0.2) is 0 Å². The summed E-state index contributed by atoms with van der Waals surface area (Å²) in [5.41, 5.74) is 0.692. The van der Waals surface area contributed by atoms with E-state index in [2.05, 4.69) is 12.2 Å². The number of hydrogen-bond acceptors (Lipinski definition) is 5. The molecule has 112 valence electrons. The maximum Gasteiger partial charge on any atom is 0.273 e. The van der Waals surface area contributed by atoms with Gasteiger partial charge in [-0.3, -0.25) is 10.1 Å². The maximum absolute atomic E-state index is 10.8. The molecule has 2 aromatic rings. The molecule has 1 atom stereocenters. The summed E-state index contributed by atoms with van der Waals surface area (Å²) in [7, 11) is 3.38. The lowest BCUT2D eigenvalue weighted by molar-refractivity contribution is -0.384. The highest BCUT2D eigenvalue weighted by Gasteiger charge is 2.15. The van der Waals surface area contributed by atoms with Crippen molar-refractivity contribution in [1.29, 1.82) is 0 Å². The molecule has 1 aromatic heterocycles. The van der Waals surface area contributed by atoms with Crippen molar-refractivity contribution in [1.82, 2.24) is 5.32 Å². The highest BCUT2D eigenvalue weighted by atomic mass is 16.6. The molecular weight excluding hydrogens is 272 g/mol. The Morgan fingerprint density at radius 3 is 2.76 bits per heavy atom. The molecule has 0 amide bonds. The second-order valence-electron chi connectivity index (χ2n) is 4.80. The van der Waals surface area contributed by atoms with Gasteiger partial charge in [0.1, 0.15) is 17.3 Å². The Bertz CT molecular complexity index is 636. The number of methoxy groups -OCH3 is 1. The van der Waals surface area contributed by atoms with E-state index in [9.17, 15) is 10.1 Å². The number of nitrogens with zero attached hydrogens (tertiary/aromatic N) is 1. The Labute approximate surface area is 122 Å². The van der Waals surface area contributed by atoms with E-state index in [0.717, 1.165) is 12.2 Å². The minimum Gasteiger partial charge on any atom is -0.496 e. The first-order chi connectivity index (χ1) is 10.0. The van der Waals surface area contributed by atoms with Gasteiger partial charge in [0, 0.05) is 18.5 Å². The third-order valence-corrected chi connectivity index (χ3v) is 3.32. The van der Waals surface area contributed by atoms with E-state index in [1.165, 1.54) is 19.2 Å². The second kappa shape index (κ2) is 6.41. The molecule has 0 saturated carbocycles. The van der Waals surface area contributed by atoms with E-state index < -0.39 is 4.92 Å². The van der Waals surface area contributed by atoms with Crippen LogP contribution in [0.1, 0.15) is 12.7 Å². The van der Waals surface area contributed by atoms with Gasteiger partial charge < -0.3 is 14.5 Å². The highest BCUT2D eigenvalue weighted by molar-refractivity contribution is 5.68. The molecule has 1 aromatic carbocycles. The zero-order chi connectivity index (χ0) is 15.4. The Morgan fingerprint density at radius 2 is 2.14 bits per heavy atom. The van der Waals surface area contributed by atoms with E-state index in [0.29, 0.717) is 23.1 Å². The summed E-state index contributed by atoms with van der Waals surface area (Å²) in [6.45, 7) is 2.06. The molecule has 0 radical (unpaired) electrons. The van der Waals surface area contributed by atoms with Crippen LogP contribution in [0.3, 0.4) is 0 Å². The normalized spacial score (nSPS) is 12.1. The lowest BCUT2D eigenvalue weighted by atomic mass is 10.1. The molecule has 0 aliphatic rings. The standard InChI is InChI=1S/C15H18N2O4/c1-10(16-2)8-12-5-7-14(21-12)13-6-4-11(17(18)19)9-15(13)20-3/h4-7,9-10,16H,8H2,1-3H3. The zero-order valence-electron chi connectivity index (χ0n) is 12.3. The van der Waals surface area contributed by atoms with Crippen LogP contribution in [0.2, 0.25) is 0 Å². The van der Waals surface area contributed by atoms with Crippen molar-refractivity contribution in [3.8, 4) is 17.1 Å². The molecule has 1 heterocycles. The van der Waals surface area contributed by atoms with Gasteiger partial charge >= 0.3 is 0 Å². The minimum atomic E-state index is -0.450. The fourth-order valence-corrected chi connectivity index (χ4v) is 2.03. The first kappa shape index (κ1) is 15.1. The Balaban J connectivity index is 2.31. The molecule has 6 heteroatoms. The number of ether oxygens (including phenoxy) is 1. The van der Waals surface area contributed by atoms with Crippen molar-refractivity contribution in [2.75, 3.05) is 14.2 Å². The fraction of sp³-hybridized carbons (Fsp3) is 0.333. The second-order valence-corrected chi connectivity index (χ2v) is 4.80. The lowest BCUT2D eigenvalue weighted by Gasteiger charge is -2.08. The van der Waals surface area contributed by atoms with E-state index in [-0.39, 0.29) is 5.69 Å². The predicted molar refractivity (Wildman–Crippen MR) is 79.6 cm³/mol. The third kappa shape index (κ3) is 3.41. The van der Waals surface area contributed by atoms with Crippen LogP contribution in [0.25, 0.3) is 11.3 Å². The summed E-state index contributed by atoms with van der Waals surface area (Å²) in [5.74, 6) is 1.92. The maximum atomic E-state index is 10.8. The van der Waals surface area contributed by atoms with Gasteiger partial charge in [-0.05, 0) is 32.2 Å². The van der Waals surface area contributed by atoms with Crippen LogP contribution in [0.5, 0.6) is 5.75 Å². The molecule has 2 rings (SSSR count). The summed E-state index contributed by atoms with van der Waals surface area (Å²) < 4.78 is 11.0. The molecule has 0 aliphatic heterocycles. The molecule has 1 N–H and O–H groups in total. The van der Waals surface area contributed by atoms with Gasteiger partial charge in [0.15, 0.2) is 0 Å². The fourth-order valence-electron chi connectivity index (χ4n) is 2.03. The Kier molecular flexibility index (Phi) is 4.59. The van der Waals surface area contributed by atoms with Crippen LogP contribution < -0.4 is 10.1 Å². The molecule has 21 heavy (non-hydrogen) atoms. The largest absolute Gasteiger partial charge is 0.496 e. The Hall–Kier alpha value is -2.34. The predicted octanol–water partition coefficient (Wildman–Crippen LogP) is 3.01. The van der Waals surface area contributed by atoms with Crippen molar-refractivity contribution < 1.29 is 14.1 Å². The average Bonchev–Trinajstić information content (AvgIpc) is 2.94. The smallest absolute Gasteiger partial charge is 0.273 e. The number of nitro groups is 1. The van der Waals surface area contributed by atoms with Crippen molar-refractivity contribution >= 4 is 5.69 Å².